The van der Waals surface area contributed by atoms with Crippen molar-refractivity contribution in [1.29, 1.82) is 0 Å². The van der Waals surface area contributed by atoms with Gasteiger partial charge in [0, 0.05) is 44.0 Å². The fourth-order valence-corrected chi connectivity index (χ4v) is 4.34. The lowest BCUT2D eigenvalue weighted by Crippen LogP contribution is -2.48. The van der Waals surface area contributed by atoms with Crippen LogP contribution in [-0.4, -0.2) is 63.1 Å². The normalized spacial score (nSPS) is 15.7. The standard InChI is InChI=1S/C17H22N4O4S/c1-13-10-17(19-12-18-13)20-6-8-21(9-7-20)26(22,23)14-4-5-15(24-2)16(11-14)25-3/h4-5,10-12H,6-9H2,1-3H3. The van der Waals surface area contributed by atoms with Gasteiger partial charge in [0.05, 0.1) is 19.1 Å². The Balaban J connectivity index is 1.76. The second-order valence-electron chi connectivity index (χ2n) is 5.93. The Bertz CT molecular complexity index is 880. The van der Waals surface area contributed by atoms with E-state index in [2.05, 4.69) is 14.9 Å². The second-order valence-corrected chi connectivity index (χ2v) is 7.86. The molecule has 3 rings (SSSR count). The van der Waals surface area contributed by atoms with Crippen molar-refractivity contribution in [2.75, 3.05) is 45.3 Å². The number of ether oxygens (including phenoxy) is 2. The number of benzene rings is 1. The van der Waals surface area contributed by atoms with E-state index in [-0.39, 0.29) is 4.90 Å². The first-order chi connectivity index (χ1) is 12.5. The quantitative estimate of drug-likeness (QED) is 0.775. The summed E-state index contributed by atoms with van der Waals surface area (Å²) in [5.41, 5.74) is 0.885. The van der Waals surface area contributed by atoms with Crippen LogP contribution in [0.2, 0.25) is 0 Å². The minimum atomic E-state index is -3.60. The number of anilines is 1. The zero-order valence-corrected chi connectivity index (χ0v) is 15.9. The number of hydrogen-bond acceptors (Lipinski definition) is 7. The average molecular weight is 378 g/mol. The van der Waals surface area contributed by atoms with E-state index in [4.69, 9.17) is 9.47 Å². The molecule has 0 spiro atoms. The summed E-state index contributed by atoms with van der Waals surface area (Å²) in [4.78, 5) is 10.6. The lowest BCUT2D eigenvalue weighted by molar-refractivity contribution is 0.353. The summed E-state index contributed by atoms with van der Waals surface area (Å²) in [6, 6.07) is 6.54. The van der Waals surface area contributed by atoms with E-state index < -0.39 is 10.0 Å². The lowest BCUT2D eigenvalue weighted by atomic mass is 10.3. The van der Waals surface area contributed by atoms with Crippen molar-refractivity contribution in [1.82, 2.24) is 14.3 Å². The van der Waals surface area contributed by atoms with Gasteiger partial charge < -0.3 is 14.4 Å². The third-order valence-corrected chi connectivity index (χ3v) is 6.24. The molecule has 1 aliphatic rings. The second kappa shape index (κ2) is 7.46. The molecule has 0 atom stereocenters. The molecular formula is C17H22N4O4S. The summed E-state index contributed by atoms with van der Waals surface area (Å²) >= 11 is 0. The summed E-state index contributed by atoms with van der Waals surface area (Å²) in [5, 5.41) is 0. The summed E-state index contributed by atoms with van der Waals surface area (Å²) in [7, 11) is -0.598. The molecule has 0 aliphatic carbocycles. The summed E-state index contributed by atoms with van der Waals surface area (Å²) < 4.78 is 37.7. The number of aryl methyl sites for hydroxylation is 1. The minimum Gasteiger partial charge on any atom is -0.493 e. The van der Waals surface area contributed by atoms with E-state index in [0.717, 1.165) is 11.5 Å². The van der Waals surface area contributed by atoms with E-state index in [1.807, 2.05) is 13.0 Å². The van der Waals surface area contributed by atoms with Crippen molar-refractivity contribution < 1.29 is 17.9 Å². The van der Waals surface area contributed by atoms with Gasteiger partial charge in [-0.05, 0) is 19.1 Å². The molecule has 0 amide bonds. The van der Waals surface area contributed by atoms with Crippen molar-refractivity contribution in [3.63, 3.8) is 0 Å². The summed E-state index contributed by atoms with van der Waals surface area (Å²) in [6.45, 7) is 3.83. The Kier molecular flexibility index (Phi) is 5.28. The van der Waals surface area contributed by atoms with Gasteiger partial charge in [-0.1, -0.05) is 0 Å². The van der Waals surface area contributed by atoms with Gasteiger partial charge in [-0.3, -0.25) is 0 Å². The number of sulfonamides is 1. The van der Waals surface area contributed by atoms with Crippen LogP contribution in [0.3, 0.4) is 0 Å². The molecule has 2 heterocycles. The van der Waals surface area contributed by atoms with E-state index in [1.54, 1.807) is 6.07 Å². The van der Waals surface area contributed by atoms with Gasteiger partial charge in [0.15, 0.2) is 11.5 Å². The number of hydrogen-bond donors (Lipinski definition) is 0. The van der Waals surface area contributed by atoms with Crippen LogP contribution in [0.5, 0.6) is 11.5 Å². The highest BCUT2D eigenvalue weighted by Gasteiger charge is 2.29. The SMILES string of the molecule is COc1ccc(S(=O)(=O)N2CCN(c3cc(C)ncn3)CC2)cc1OC. The Morgan fingerprint density at radius 3 is 2.27 bits per heavy atom. The predicted molar refractivity (Wildman–Crippen MR) is 97.3 cm³/mol. The van der Waals surface area contributed by atoms with Crippen LogP contribution in [0.4, 0.5) is 5.82 Å². The van der Waals surface area contributed by atoms with Crippen molar-refractivity contribution in [3.8, 4) is 11.5 Å². The maximum Gasteiger partial charge on any atom is 0.243 e. The third-order valence-electron chi connectivity index (χ3n) is 4.34. The molecule has 2 aromatic rings. The Labute approximate surface area is 153 Å². The van der Waals surface area contributed by atoms with E-state index in [0.29, 0.717) is 37.7 Å². The molecule has 9 heteroatoms. The van der Waals surface area contributed by atoms with Gasteiger partial charge in [-0.2, -0.15) is 4.31 Å². The third kappa shape index (κ3) is 3.58. The van der Waals surface area contributed by atoms with Crippen molar-refractivity contribution in [3.05, 3.63) is 36.3 Å². The van der Waals surface area contributed by atoms with E-state index in [1.165, 1.54) is 37.0 Å². The van der Waals surface area contributed by atoms with Gasteiger partial charge >= 0.3 is 0 Å². The van der Waals surface area contributed by atoms with Crippen LogP contribution in [-0.2, 0) is 10.0 Å². The largest absolute Gasteiger partial charge is 0.493 e. The molecule has 1 aromatic heterocycles. The molecule has 1 saturated heterocycles. The maximum atomic E-state index is 12.9. The molecule has 0 radical (unpaired) electrons. The zero-order chi connectivity index (χ0) is 18.7. The first-order valence-electron chi connectivity index (χ1n) is 8.21. The molecule has 1 aliphatic heterocycles. The van der Waals surface area contributed by atoms with Crippen LogP contribution in [0.1, 0.15) is 5.69 Å². The highest BCUT2D eigenvalue weighted by Crippen LogP contribution is 2.31. The molecule has 0 bridgehead atoms. The van der Waals surface area contributed by atoms with Crippen LogP contribution in [0.25, 0.3) is 0 Å². The molecule has 140 valence electrons. The number of rotatable bonds is 5. The fraction of sp³-hybridized carbons (Fsp3) is 0.412. The molecule has 1 fully saturated rings. The van der Waals surface area contributed by atoms with Gasteiger partial charge in [-0.25, -0.2) is 18.4 Å². The van der Waals surface area contributed by atoms with Crippen LogP contribution >= 0.6 is 0 Å². The summed E-state index contributed by atoms with van der Waals surface area (Å²) in [5.74, 6) is 1.71. The first-order valence-corrected chi connectivity index (χ1v) is 9.65. The van der Waals surface area contributed by atoms with Gasteiger partial charge in [0.2, 0.25) is 10.0 Å². The maximum absolute atomic E-state index is 12.9. The van der Waals surface area contributed by atoms with Gasteiger partial charge in [0.25, 0.3) is 0 Å². The van der Waals surface area contributed by atoms with Crippen molar-refractivity contribution in [2.24, 2.45) is 0 Å². The van der Waals surface area contributed by atoms with E-state index >= 15 is 0 Å². The molecule has 0 unspecified atom stereocenters. The van der Waals surface area contributed by atoms with Gasteiger partial charge in [0.1, 0.15) is 12.1 Å². The van der Waals surface area contributed by atoms with Crippen LogP contribution in [0.15, 0.2) is 35.5 Å². The van der Waals surface area contributed by atoms with Crippen molar-refractivity contribution >= 4 is 15.8 Å². The fourth-order valence-electron chi connectivity index (χ4n) is 2.90. The van der Waals surface area contributed by atoms with Crippen LogP contribution in [0, 0.1) is 6.92 Å². The first kappa shape index (κ1) is 18.4. The Morgan fingerprint density at radius 2 is 1.65 bits per heavy atom. The lowest BCUT2D eigenvalue weighted by Gasteiger charge is -2.34. The van der Waals surface area contributed by atoms with Crippen LogP contribution < -0.4 is 14.4 Å². The monoisotopic (exact) mass is 378 g/mol. The molecule has 0 saturated carbocycles. The topological polar surface area (TPSA) is 84.9 Å². The number of nitrogens with zero attached hydrogens (tertiary/aromatic N) is 4. The van der Waals surface area contributed by atoms with Gasteiger partial charge in [-0.15, -0.1) is 0 Å². The zero-order valence-electron chi connectivity index (χ0n) is 15.0. The number of methoxy groups -OCH3 is 2. The highest BCUT2D eigenvalue weighted by molar-refractivity contribution is 7.89. The predicted octanol–water partition coefficient (Wildman–Crippen LogP) is 1.31. The smallest absolute Gasteiger partial charge is 0.243 e. The molecular weight excluding hydrogens is 356 g/mol. The van der Waals surface area contributed by atoms with E-state index in [9.17, 15) is 8.42 Å². The molecule has 8 nitrogen and oxygen atoms in total. The van der Waals surface area contributed by atoms with Crippen molar-refractivity contribution in [2.45, 2.75) is 11.8 Å². The Morgan fingerprint density at radius 1 is 0.962 bits per heavy atom. The average Bonchev–Trinajstić information content (AvgIpc) is 2.67. The minimum absolute atomic E-state index is 0.196. The highest BCUT2D eigenvalue weighted by atomic mass is 32.2. The molecule has 0 N–H and O–H groups in total. The molecule has 1 aromatic carbocycles. The number of piperazine rings is 1. The molecule has 26 heavy (non-hydrogen) atoms. The summed E-state index contributed by atoms with van der Waals surface area (Å²) in [6.07, 6.45) is 1.53. The number of aromatic nitrogens is 2. The Hall–Kier alpha value is -2.39.